The molecule has 0 bridgehead atoms. The first-order chi connectivity index (χ1) is 5.12. The molecule has 2 heteroatoms. The van der Waals surface area contributed by atoms with Crippen LogP contribution in [0.3, 0.4) is 0 Å². The Morgan fingerprint density at radius 3 is 2.73 bits per heavy atom. The average molecular weight is 154 g/mol. The second kappa shape index (κ2) is 2.20. The Morgan fingerprint density at radius 1 is 1.55 bits per heavy atom. The lowest BCUT2D eigenvalue weighted by atomic mass is 10.1. The molecule has 1 aliphatic carbocycles. The molecule has 2 atom stereocenters. The van der Waals surface area contributed by atoms with E-state index in [1.165, 1.54) is 26.1 Å². The Morgan fingerprint density at radius 2 is 2.27 bits per heavy atom. The maximum absolute atomic E-state index is 2.47. The van der Waals surface area contributed by atoms with Gasteiger partial charge in [0.25, 0.3) is 0 Å². The zero-order chi connectivity index (χ0) is 8.06. The van der Waals surface area contributed by atoms with Crippen molar-refractivity contribution in [3.05, 3.63) is 0 Å². The minimum Gasteiger partial charge on any atom is -0.309 e. The summed E-state index contributed by atoms with van der Waals surface area (Å²) in [5, 5.41) is 0. The van der Waals surface area contributed by atoms with E-state index >= 15 is 0 Å². The average Bonchev–Trinajstić information content (AvgIpc) is 2.32. The van der Waals surface area contributed by atoms with Gasteiger partial charge in [0.15, 0.2) is 0 Å². The highest BCUT2D eigenvalue weighted by atomic mass is 15.2. The number of likely N-dealkylation sites (tertiary alicyclic amines) is 1. The predicted molar refractivity (Wildman–Crippen MR) is 46.6 cm³/mol. The molecule has 2 fully saturated rings. The van der Waals surface area contributed by atoms with Crippen molar-refractivity contribution < 1.29 is 0 Å². The van der Waals surface area contributed by atoms with Crippen LogP contribution < -0.4 is 0 Å². The lowest BCUT2D eigenvalue weighted by Crippen LogP contribution is -2.28. The molecule has 2 unspecified atom stereocenters. The molecule has 1 aliphatic heterocycles. The van der Waals surface area contributed by atoms with E-state index in [9.17, 15) is 0 Å². The number of nitrogens with zero attached hydrogens (tertiary/aromatic N) is 2. The van der Waals surface area contributed by atoms with Crippen LogP contribution in [0.1, 0.15) is 6.42 Å². The first-order valence-corrected chi connectivity index (χ1v) is 4.46. The highest BCUT2D eigenvalue weighted by Gasteiger charge is 2.58. The number of fused-ring (bicyclic) bond motifs is 1. The molecule has 2 aliphatic rings. The summed E-state index contributed by atoms with van der Waals surface area (Å²) in [4.78, 5) is 4.80. The molecular formula is C9H18N2. The van der Waals surface area contributed by atoms with Gasteiger partial charge in [-0.15, -0.1) is 0 Å². The highest BCUT2D eigenvalue weighted by molar-refractivity contribution is 5.10. The van der Waals surface area contributed by atoms with E-state index in [1.807, 2.05) is 0 Å². The topological polar surface area (TPSA) is 6.48 Å². The lowest BCUT2D eigenvalue weighted by Gasteiger charge is -2.19. The number of rotatable bonds is 2. The molecule has 0 aromatic rings. The summed E-state index contributed by atoms with van der Waals surface area (Å²) in [6.07, 6.45) is 1.48. The van der Waals surface area contributed by atoms with Crippen LogP contribution in [0.5, 0.6) is 0 Å². The number of hydrogen-bond donors (Lipinski definition) is 0. The summed E-state index contributed by atoms with van der Waals surface area (Å²) in [7, 11) is 6.61. The second-order valence-corrected chi connectivity index (χ2v) is 4.70. The number of piperidine rings is 1. The van der Waals surface area contributed by atoms with Gasteiger partial charge in [0.05, 0.1) is 0 Å². The van der Waals surface area contributed by atoms with E-state index < -0.39 is 0 Å². The van der Waals surface area contributed by atoms with Crippen molar-refractivity contribution in [2.24, 2.45) is 11.3 Å². The van der Waals surface area contributed by atoms with Gasteiger partial charge in [-0.2, -0.15) is 0 Å². The summed E-state index contributed by atoms with van der Waals surface area (Å²) >= 11 is 0. The predicted octanol–water partition coefficient (Wildman–Crippen LogP) is 0.500. The Bertz CT molecular complexity index is 167. The zero-order valence-electron chi connectivity index (χ0n) is 7.80. The van der Waals surface area contributed by atoms with Gasteiger partial charge in [0.2, 0.25) is 0 Å². The molecule has 1 saturated carbocycles. The van der Waals surface area contributed by atoms with Gasteiger partial charge in [-0.05, 0) is 33.5 Å². The molecule has 0 radical (unpaired) electrons. The third-order valence-electron chi connectivity index (χ3n) is 3.11. The minimum absolute atomic E-state index is 0.707. The third kappa shape index (κ3) is 1.18. The molecule has 2 nitrogen and oxygen atoms in total. The molecule has 1 heterocycles. The Hall–Kier alpha value is -0.0800. The molecule has 11 heavy (non-hydrogen) atoms. The van der Waals surface area contributed by atoms with Crippen LogP contribution in [0.4, 0.5) is 0 Å². The Labute approximate surface area is 69.2 Å². The van der Waals surface area contributed by atoms with Crippen LogP contribution in [-0.4, -0.2) is 50.6 Å². The molecule has 0 amide bonds. The van der Waals surface area contributed by atoms with Crippen LogP contribution in [0.15, 0.2) is 0 Å². The van der Waals surface area contributed by atoms with Crippen LogP contribution in [0, 0.1) is 11.3 Å². The van der Waals surface area contributed by atoms with Crippen LogP contribution in [0.2, 0.25) is 0 Å². The monoisotopic (exact) mass is 154 g/mol. The Balaban J connectivity index is 1.94. The van der Waals surface area contributed by atoms with Crippen molar-refractivity contribution in [3.63, 3.8) is 0 Å². The van der Waals surface area contributed by atoms with E-state index in [0.29, 0.717) is 5.41 Å². The maximum Gasteiger partial charge on any atom is 0.00506 e. The molecular weight excluding hydrogens is 136 g/mol. The summed E-state index contributed by atoms with van der Waals surface area (Å²) in [5.74, 6) is 1.02. The normalized spacial score (nSPS) is 43.1. The molecule has 0 aromatic heterocycles. The third-order valence-corrected chi connectivity index (χ3v) is 3.11. The smallest absolute Gasteiger partial charge is 0.00506 e. The van der Waals surface area contributed by atoms with Gasteiger partial charge in [-0.25, -0.2) is 0 Å². The SMILES string of the molecule is CN(C)CC12CC1CN(C)C2. The van der Waals surface area contributed by atoms with E-state index in [-0.39, 0.29) is 0 Å². The summed E-state index contributed by atoms with van der Waals surface area (Å²) in [6, 6.07) is 0. The molecule has 0 spiro atoms. The maximum atomic E-state index is 2.47. The fourth-order valence-corrected chi connectivity index (χ4v) is 2.74. The molecule has 2 rings (SSSR count). The first-order valence-electron chi connectivity index (χ1n) is 4.46. The quantitative estimate of drug-likeness (QED) is 0.571. The molecule has 64 valence electrons. The summed E-state index contributed by atoms with van der Waals surface area (Å²) in [6.45, 7) is 3.96. The van der Waals surface area contributed by atoms with Crippen molar-refractivity contribution in [3.8, 4) is 0 Å². The van der Waals surface area contributed by atoms with Crippen molar-refractivity contribution in [1.82, 2.24) is 9.80 Å². The van der Waals surface area contributed by atoms with Crippen molar-refractivity contribution in [2.75, 3.05) is 40.8 Å². The molecule has 0 N–H and O–H groups in total. The van der Waals surface area contributed by atoms with Gasteiger partial charge in [0.1, 0.15) is 0 Å². The molecule has 0 aromatic carbocycles. The standard InChI is InChI=1S/C9H18N2/c1-10(2)6-9-4-8(9)5-11(3)7-9/h8H,4-7H2,1-3H3. The first kappa shape index (κ1) is 7.56. The Kier molecular flexibility index (Phi) is 1.52. The van der Waals surface area contributed by atoms with Gasteiger partial charge in [-0.1, -0.05) is 0 Å². The van der Waals surface area contributed by atoms with Crippen LogP contribution >= 0.6 is 0 Å². The summed E-state index contributed by atoms with van der Waals surface area (Å²) in [5.41, 5.74) is 0.707. The van der Waals surface area contributed by atoms with Gasteiger partial charge in [0, 0.05) is 25.0 Å². The van der Waals surface area contributed by atoms with E-state index in [1.54, 1.807) is 0 Å². The minimum atomic E-state index is 0.707. The lowest BCUT2D eigenvalue weighted by molar-refractivity contribution is 0.271. The van der Waals surface area contributed by atoms with E-state index in [4.69, 9.17) is 0 Å². The van der Waals surface area contributed by atoms with Crippen molar-refractivity contribution in [1.29, 1.82) is 0 Å². The summed E-state index contributed by atoms with van der Waals surface area (Å²) < 4.78 is 0. The zero-order valence-corrected chi connectivity index (χ0v) is 7.80. The van der Waals surface area contributed by atoms with Gasteiger partial charge < -0.3 is 9.80 Å². The van der Waals surface area contributed by atoms with E-state index in [0.717, 1.165) is 5.92 Å². The molecule has 1 saturated heterocycles. The number of hydrogen-bond acceptors (Lipinski definition) is 2. The van der Waals surface area contributed by atoms with Gasteiger partial charge in [-0.3, -0.25) is 0 Å². The van der Waals surface area contributed by atoms with Gasteiger partial charge >= 0.3 is 0 Å². The van der Waals surface area contributed by atoms with Crippen LogP contribution in [0.25, 0.3) is 0 Å². The van der Waals surface area contributed by atoms with Crippen molar-refractivity contribution in [2.45, 2.75) is 6.42 Å². The van der Waals surface area contributed by atoms with Crippen molar-refractivity contribution >= 4 is 0 Å². The second-order valence-electron chi connectivity index (χ2n) is 4.70. The van der Waals surface area contributed by atoms with E-state index in [2.05, 4.69) is 30.9 Å². The largest absolute Gasteiger partial charge is 0.309 e. The fourth-order valence-electron chi connectivity index (χ4n) is 2.74. The van der Waals surface area contributed by atoms with Crippen LogP contribution in [-0.2, 0) is 0 Å². The highest BCUT2D eigenvalue weighted by Crippen LogP contribution is 2.57. The fraction of sp³-hybridized carbons (Fsp3) is 1.00.